The zero-order chi connectivity index (χ0) is 16.3. The lowest BCUT2D eigenvalue weighted by atomic mass is 9.78. The van der Waals surface area contributed by atoms with E-state index in [2.05, 4.69) is 60.4 Å². The van der Waals surface area contributed by atoms with Crippen LogP contribution in [0.4, 0.5) is 0 Å². The van der Waals surface area contributed by atoms with Gasteiger partial charge in [-0.3, -0.25) is 0 Å². The van der Waals surface area contributed by atoms with Crippen molar-refractivity contribution in [2.45, 2.75) is 25.9 Å². The molecular weight excluding hydrogens is 308 g/mol. The molecule has 0 aliphatic heterocycles. The Balaban J connectivity index is 1.72. The maximum atomic E-state index is 5.66. The average Bonchev–Trinajstić information content (AvgIpc) is 3.00. The molecule has 0 unspecified atom stereocenters. The van der Waals surface area contributed by atoms with E-state index in [1.54, 1.807) is 0 Å². The van der Waals surface area contributed by atoms with Crippen LogP contribution in [0.15, 0.2) is 59.0 Å². The summed E-state index contributed by atoms with van der Waals surface area (Å²) in [7, 11) is 0. The third kappa shape index (κ3) is 3.51. The molecule has 0 aliphatic carbocycles. The number of nitrogens with zero attached hydrogens (tertiary/aromatic N) is 1. The van der Waals surface area contributed by atoms with Crippen molar-refractivity contribution in [2.24, 2.45) is 0 Å². The van der Waals surface area contributed by atoms with Crippen molar-refractivity contribution < 1.29 is 9.15 Å². The van der Waals surface area contributed by atoms with E-state index in [-0.39, 0.29) is 16.9 Å². The highest BCUT2D eigenvalue weighted by Crippen LogP contribution is 2.32. The number of hydrogen-bond donors (Lipinski definition) is 1. The van der Waals surface area contributed by atoms with E-state index in [0.717, 1.165) is 5.75 Å². The first-order chi connectivity index (χ1) is 11.1. The topological polar surface area (TPSA) is 51.0 Å². The van der Waals surface area contributed by atoms with E-state index in [0.29, 0.717) is 5.89 Å². The predicted molar refractivity (Wildman–Crippen MR) is 91.0 cm³/mol. The van der Waals surface area contributed by atoms with Crippen LogP contribution in [0.3, 0.4) is 0 Å². The molecule has 118 valence electrons. The van der Waals surface area contributed by atoms with Gasteiger partial charge in [-0.2, -0.15) is 0 Å². The molecular formula is C18H18N2O2S. The Hall–Kier alpha value is -2.40. The molecule has 3 aromatic rings. The molecule has 5 heteroatoms. The van der Waals surface area contributed by atoms with E-state index in [1.165, 1.54) is 11.1 Å². The van der Waals surface area contributed by atoms with Crippen LogP contribution in [0.25, 0.3) is 0 Å². The van der Waals surface area contributed by atoms with Gasteiger partial charge in [0.15, 0.2) is 6.61 Å². The van der Waals surface area contributed by atoms with Gasteiger partial charge < -0.3 is 9.15 Å². The van der Waals surface area contributed by atoms with E-state index < -0.39 is 0 Å². The first-order valence-corrected chi connectivity index (χ1v) is 7.80. The number of ether oxygens (including phenoxy) is 1. The summed E-state index contributed by atoms with van der Waals surface area (Å²) in [5.74, 6) is 1.20. The Morgan fingerprint density at radius 1 is 1.04 bits per heavy atom. The molecule has 0 atom stereocenters. The lowest BCUT2D eigenvalue weighted by Crippen LogP contribution is -2.18. The van der Waals surface area contributed by atoms with Gasteiger partial charge in [0.2, 0.25) is 0 Å². The van der Waals surface area contributed by atoms with E-state index >= 15 is 0 Å². The molecule has 3 rings (SSSR count). The minimum absolute atomic E-state index is 0.0610. The summed E-state index contributed by atoms with van der Waals surface area (Å²) >= 11 is 4.83. The van der Waals surface area contributed by atoms with Crippen molar-refractivity contribution in [3.05, 3.63) is 76.5 Å². The van der Waals surface area contributed by atoms with Gasteiger partial charge in [-0.1, -0.05) is 56.3 Å². The maximum Gasteiger partial charge on any atom is 0.284 e. The highest BCUT2D eigenvalue weighted by atomic mass is 32.1. The third-order valence-electron chi connectivity index (χ3n) is 3.92. The summed E-state index contributed by atoms with van der Waals surface area (Å²) < 4.78 is 10.8. The lowest BCUT2D eigenvalue weighted by Gasteiger charge is -2.26. The average molecular weight is 326 g/mol. The summed E-state index contributed by atoms with van der Waals surface area (Å²) in [6.07, 6.45) is 0. The number of nitrogens with one attached hydrogen (secondary N) is 1. The predicted octanol–water partition coefficient (Wildman–Crippen LogP) is 4.64. The Labute approximate surface area is 140 Å². The molecule has 1 heterocycles. The fourth-order valence-electron chi connectivity index (χ4n) is 2.46. The second-order valence-corrected chi connectivity index (χ2v) is 6.18. The summed E-state index contributed by atoms with van der Waals surface area (Å²) in [5, 5.41) is 6.48. The zero-order valence-electron chi connectivity index (χ0n) is 13.1. The Kier molecular flexibility index (Phi) is 4.30. The highest BCUT2D eigenvalue weighted by Gasteiger charge is 2.22. The molecule has 0 saturated carbocycles. The molecule has 1 aromatic heterocycles. The normalized spacial score (nSPS) is 11.4. The minimum atomic E-state index is -0.0610. The first-order valence-electron chi connectivity index (χ1n) is 7.39. The molecule has 1 N–H and O–H groups in total. The van der Waals surface area contributed by atoms with Crippen molar-refractivity contribution in [1.29, 1.82) is 0 Å². The highest BCUT2D eigenvalue weighted by molar-refractivity contribution is 7.71. The number of rotatable bonds is 5. The molecule has 23 heavy (non-hydrogen) atoms. The van der Waals surface area contributed by atoms with Gasteiger partial charge in [0.05, 0.1) is 0 Å². The van der Waals surface area contributed by atoms with Crippen LogP contribution in [0.2, 0.25) is 0 Å². The van der Waals surface area contributed by atoms with Crippen molar-refractivity contribution >= 4 is 12.2 Å². The van der Waals surface area contributed by atoms with Gasteiger partial charge in [-0.15, -0.1) is 5.10 Å². The molecule has 0 fully saturated rings. The molecule has 4 nitrogen and oxygen atoms in total. The van der Waals surface area contributed by atoms with Crippen molar-refractivity contribution in [3.8, 4) is 5.75 Å². The number of aromatic amines is 1. The molecule has 0 bridgehead atoms. The van der Waals surface area contributed by atoms with Crippen LogP contribution in [0.5, 0.6) is 5.75 Å². The first kappa shape index (κ1) is 15.5. The van der Waals surface area contributed by atoms with Crippen molar-refractivity contribution in [1.82, 2.24) is 10.2 Å². The van der Waals surface area contributed by atoms with E-state index in [4.69, 9.17) is 21.4 Å². The van der Waals surface area contributed by atoms with Gasteiger partial charge in [-0.05, 0) is 35.5 Å². The molecule has 2 aromatic carbocycles. The number of aromatic nitrogens is 2. The summed E-state index contributed by atoms with van der Waals surface area (Å²) in [6.45, 7) is 4.67. The van der Waals surface area contributed by atoms with Gasteiger partial charge in [-0.25, -0.2) is 5.10 Å². The second kappa shape index (κ2) is 6.38. The molecule has 0 radical (unpaired) electrons. The molecule has 0 amide bonds. The summed E-state index contributed by atoms with van der Waals surface area (Å²) in [6, 6.07) is 18.6. The van der Waals surface area contributed by atoms with Gasteiger partial charge in [0.1, 0.15) is 5.75 Å². The van der Waals surface area contributed by atoms with Crippen LogP contribution in [-0.2, 0) is 12.0 Å². The monoisotopic (exact) mass is 326 g/mol. The quantitative estimate of drug-likeness (QED) is 0.694. The SMILES string of the molecule is CC(C)(c1ccccc1)c1ccc(OCc2n[nH]c(=S)o2)cc1. The Morgan fingerprint density at radius 3 is 2.30 bits per heavy atom. The minimum Gasteiger partial charge on any atom is -0.484 e. The number of H-pyrrole nitrogens is 1. The lowest BCUT2D eigenvalue weighted by molar-refractivity contribution is 0.261. The standard InChI is InChI=1S/C18H18N2O2S/c1-18(2,13-6-4-3-5-7-13)14-8-10-15(11-9-14)21-12-16-19-20-17(23)22-16/h3-11H,12H2,1-2H3,(H,20,23). The van der Waals surface area contributed by atoms with Crippen molar-refractivity contribution in [3.63, 3.8) is 0 Å². The van der Waals surface area contributed by atoms with Gasteiger partial charge in [0.25, 0.3) is 10.7 Å². The smallest absolute Gasteiger partial charge is 0.284 e. The Morgan fingerprint density at radius 2 is 1.70 bits per heavy atom. The van der Waals surface area contributed by atoms with Crippen LogP contribution < -0.4 is 4.74 Å². The van der Waals surface area contributed by atoms with Gasteiger partial charge >= 0.3 is 0 Å². The van der Waals surface area contributed by atoms with Crippen molar-refractivity contribution in [2.75, 3.05) is 0 Å². The van der Waals surface area contributed by atoms with Gasteiger partial charge in [0, 0.05) is 5.41 Å². The Bertz CT molecular complexity index is 820. The fourth-order valence-corrected chi connectivity index (χ4v) is 2.60. The largest absolute Gasteiger partial charge is 0.484 e. The number of hydrogen-bond acceptors (Lipinski definition) is 4. The number of benzene rings is 2. The molecule has 0 spiro atoms. The summed E-state index contributed by atoms with van der Waals surface area (Å²) in [5.41, 5.74) is 2.45. The molecule has 0 aliphatic rings. The van der Waals surface area contributed by atoms with Crippen LogP contribution in [0, 0.1) is 4.84 Å². The maximum absolute atomic E-state index is 5.66. The van der Waals surface area contributed by atoms with E-state index in [9.17, 15) is 0 Å². The van der Waals surface area contributed by atoms with Crippen LogP contribution in [0.1, 0.15) is 30.9 Å². The van der Waals surface area contributed by atoms with Crippen LogP contribution >= 0.6 is 12.2 Å². The second-order valence-electron chi connectivity index (χ2n) is 5.81. The zero-order valence-corrected chi connectivity index (χ0v) is 13.9. The van der Waals surface area contributed by atoms with E-state index in [1.807, 2.05) is 18.2 Å². The molecule has 0 saturated heterocycles. The van der Waals surface area contributed by atoms with Crippen LogP contribution in [-0.4, -0.2) is 10.2 Å². The fraction of sp³-hybridized carbons (Fsp3) is 0.222. The third-order valence-corrected chi connectivity index (χ3v) is 4.09. The summed E-state index contributed by atoms with van der Waals surface area (Å²) in [4.78, 5) is 0.253.